The summed E-state index contributed by atoms with van der Waals surface area (Å²) in [6.07, 6.45) is 0.519. The van der Waals surface area contributed by atoms with Crippen molar-refractivity contribution in [3.8, 4) is 0 Å². The lowest BCUT2D eigenvalue weighted by Crippen LogP contribution is -2.52. The fourth-order valence-corrected chi connectivity index (χ4v) is 1.85. The number of rotatable bonds is 7. The number of aliphatic carboxylic acids is 1. The maximum Gasteiger partial charge on any atom is 0.326 e. The van der Waals surface area contributed by atoms with Crippen molar-refractivity contribution in [1.82, 2.24) is 5.32 Å². The molecule has 0 aliphatic carbocycles. The van der Waals surface area contributed by atoms with Gasteiger partial charge < -0.3 is 16.2 Å². The molecule has 9 heteroatoms. The quantitative estimate of drug-likeness (QED) is 0.429. The Morgan fingerprint density at radius 2 is 1.89 bits per heavy atom. The Kier molecular flexibility index (Phi) is 6.22. The maximum atomic E-state index is 11.5. The Labute approximate surface area is 105 Å². The molecule has 3 atom stereocenters. The van der Waals surface area contributed by atoms with Crippen LogP contribution in [0, 0.1) is 5.92 Å². The summed E-state index contributed by atoms with van der Waals surface area (Å²) in [6, 6.07) is -2.65. The third-order valence-corrected chi connectivity index (χ3v) is 3.28. The molecule has 18 heavy (non-hydrogen) atoms. The predicted molar refractivity (Wildman–Crippen MR) is 63.4 cm³/mol. The molecule has 0 saturated heterocycles. The van der Waals surface area contributed by atoms with Gasteiger partial charge in [-0.3, -0.25) is 9.35 Å². The smallest absolute Gasteiger partial charge is 0.326 e. The average molecular weight is 282 g/mol. The second-order valence-electron chi connectivity index (χ2n) is 4.07. The van der Waals surface area contributed by atoms with Gasteiger partial charge in [0.05, 0.1) is 5.75 Å². The van der Waals surface area contributed by atoms with Gasteiger partial charge in [0.25, 0.3) is 10.1 Å². The minimum absolute atomic E-state index is 0.329. The molecule has 0 heterocycles. The lowest BCUT2D eigenvalue weighted by molar-refractivity contribution is -0.143. The van der Waals surface area contributed by atoms with E-state index in [2.05, 4.69) is 5.32 Å². The van der Waals surface area contributed by atoms with Crippen LogP contribution < -0.4 is 11.1 Å². The Hall–Kier alpha value is -1.19. The van der Waals surface area contributed by atoms with Crippen LogP contribution in [0.4, 0.5) is 0 Å². The summed E-state index contributed by atoms with van der Waals surface area (Å²) in [5.74, 6) is -3.44. The number of hydrogen-bond donors (Lipinski definition) is 4. The first-order chi connectivity index (χ1) is 8.08. The first kappa shape index (κ1) is 16.8. The molecule has 106 valence electrons. The van der Waals surface area contributed by atoms with Crippen molar-refractivity contribution in [2.75, 3.05) is 5.75 Å². The number of carboxylic acids is 1. The molecule has 5 N–H and O–H groups in total. The van der Waals surface area contributed by atoms with Crippen LogP contribution in [-0.4, -0.2) is 47.8 Å². The standard InChI is InChI=1S/C9H18N2O6S/c1-3-5(2)7(9(13)14)11-8(12)6(10)4-18(15,16)17/h5-7H,3-4,10H2,1-2H3,(H,11,12)(H,13,14)(H,15,16,17). The number of hydrogen-bond acceptors (Lipinski definition) is 5. The van der Waals surface area contributed by atoms with E-state index >= 15 is 0 Å². The Bertz CT molecular complexity index is 407. The summed E-state index contributed by atoms with van der Waals surface area (Å²) in [4.78, 5) is 22.4. The van der Waals surface area contributed by atoms with E-state index in [0.29, 0.717) is 6.42 Å². The second-order valence-corrected chi connectivity index (χ2v) is 5.56. The lowest BCUT2D eigenvalue weighted by atomic mass is 9.99. The highest BCUT2D eigenvalue weighted by atomic mass is 32.2. The van der Waals surface area contributed by atoms with Crippen LogP contribution in [0.5, 0.6) is 0 Å². The number of carbonyl (C=O) groups is 2. The van der Waals surface area contributed by atoms with Gasteiger partial charge in [0.15, 0.2) is 0 Å². The van der Waals surface area contributed by atoms with Gasteiger partial charge in [-0.1, -0.05) is 20.3 Å². The highest BCUT2D eigenvalue weighted by Crippen LogP contribution is 2.08. The fourth-order valence-electron chi connectivity index (χ4n) is 1.25. The SMILES string of the molecule is CCC(C)C(NC(=O)C(N)CS(=O)(=O)O)C(=O)O. The van der Waals surface area contributed by atoms with Gasteiger partial charge in [0.1, 0.15) is 12.1 Å². The van der Waals surface area contributed by atoms with E-state index in [1.807, 2.05) is 0 Å². The fraction of sp³-hybridized carbons (Fsp3) is 0.778. The second kappa shape index (κ2) is 6.66. The molecule has 0 aliphatic rings. The zero-order valence-corrected chi connectivity index (χ0v) is 11.0. The normalized spacial score (nSPS) is 16.7. The molecule has 8 nitrogen and oxygen atoms in total. The van der Waals surface area contributed by atoms with Crippen molar-refractivity contribution in [2.45, 2.75) is 32.4 Å². The van der Waals surface area contributed by atoms with Crippen LogP contribution in [-0.2, 0) is 19.7 Å². The van der Waals surface area contributed by atoms with E-state index < -0.39 is 39.8 Å². The van der Waals surface area contributed by atoms with Crippen LogP contribution >= 0.6 is 0 Å². The average Bonchev–Trinajstić information content (AvgIpc) is 2.21. The van der Waals surface area contributed by atoms with E-state index in [9.17, 15) is 18.0 Å². The highest BCUT2D eigenvalue weighted by molar-refractivity contribution is 7.85. The highest BCUT2D eigenvalue weighted by Gasteiger charge is 2.28. The van der Waals surface area contributed by atoms with Crippen molar-refractivity contribution >= 4 is 22.0 Å². The van der Waals surface area contributed by atoms with E-state index in [0.717, 1.165) is 0 Å². The van der Waals surface area contributed by atoms with Crippen molar-refractivity contribution < 1.29 is 27.7 Å². The van der Waals surface area contributed by atoms with Gasteiger partial charge in [-0.15, -0.1) is 0 Å². The van der Waals surface area contributed by atoms with Crippen LogP contribution in [0.2, 0.25) is 0 Å². The van der Waals surface area contributed by atoms with Crippen molar-refractivity contribution in [2.24, 2.45) is 11.7 Å². The molecule has 0 aromatic heterocycles. The van der Waals surface area contributed by atoms with Crippen molar-refractivity contribution in [3.63, 3.8) is 0 Å². The summed E-state index contributed by atoms with van der Waals surface area (Å²) in [7, 11) is -4.38. The maximum absolute atomic E-state index is 11.5. The topological polar surface area (TPSA) is 147 Å². The summed E-state index contributed by atoms with van der Waals surface area (Å²) >= 11 is 0. The molecule has 0 bridgehead atoms. The first-order valence-corrected chi connectivity index (χ1v) is 6.93. The zero-order chi connectivity index (χ0) is 14.5. The van der Waals surface area contributed by atoms with E-state index in [4.69, 9.17) is 15.4 Å². The molecule has 0 aromatic carbocycles. The van der Waals surface area contributed by atoms with Gasteiger partial charge in [0, 0.05) is 0 Å². The minimum atomic E-state index is -4.38. The van der Waals surface area contributed by atoms with Crippen LogP contribution in [0.3, 0.4) is 0 Å². The largest absolute Gasteiger partial charge is 0.480 e. The van der Waals surface area contributed by atoms with Gasteiger partial charge >= 0.3 is 5.97 Å². The lowest BCUT2D eigenvalue weighted by Gasteiger charge is -2.21. The molecule has 0 aromatic rings. The van der Waals surface area contributed by atoms with E-state index in [1.54, 1.807) is 13.8 Å². The molecule has 0 rings (SSSR count). The summed E-state index contributed by atoms with van der Waals surface area (Å²) in [5, 5.41) is 11.1. The van der Waals surface area contributed by atoms with Crippen molar-refractivity contribution in [1.29, 1.82) is 0 Å². The molecule has 0 spiro atoms. The van der Waals surface area contributed by atoms with E-state index in [1.165, 1.54) is 0 Å². The number of nitrogens with one attached hydrogen (secondary N) is 1. The van der Waals surface area contributed by atoms with Gasteiger partial charge in [0.2, 0.25) is 5.91 Å². The summed E-state index contributed by atoms with van der Waals surface area (Å²) in [5.41, 5.74) is 5.25. The monoisotopic (exact) mass is 282 g/mol. The Morgan fingerprint density at radius 1 is 1.39 bits per heavy atom. The van der Waals surface area contributed by atoms with Gasteiger partial charge in [-0.2, -0.15) is 8.42 Å². The molecular weight excluding hydrogens is 264 g/mol. The zero-order valence-electron chi connectivity index (χ0n) is 10.2. The third kappa shape index (κ3) is 5.94. The Balaban J connectivity index is 4.66. The van der Waals surface area contributed by atoms with Crippen LogP contribution in [0.1, 0.15) is 20.3 Å². The minimum Gasteiger partial charge on any atom is -0.480 e. The molecule has 0 saturated carbocycles. The summed E-state index contributed by atoms with van der Waals surface area (Å²) in [6.45, 7) is 3.39. The molecule has 1 amide bonds. The number of carbonyl (C=O) groups excluding carboxylic acids is 1. The van der Waals surface area contributed by atoms with Gasteiger partial charge in [-0.25, -0.2) is 4.79 Å². The first-order valence-electron chi connectivity index (χ1n) is 5.32. The van der Waals surface area contributed by atoms with E-state index in [-0.39, 0.29) is 5.92 Å². The molecule has 0 fully saturated rings. The number of amides is 1. The van der Waals surface area contributed by atoms with Gasteiger partial charge in [-0.05, 0) is 5.92 Å². The Morgan fingerprint density at radius 3 is 2.22 bits per heavy atom. The molecule has 3 unspecified atom stereocenters. The molecular formula is C9H18N2O6S. The summed E-state index contributed by atoms with van der Waals surface area (Å²) < 4.78 is 29.6. The van der Waals surface area contributed by atoms with Crippen LogP contribution in [0.15, 0.2) is 0 Å². The molecule has 0 radical (unpaired) electrons. The predicted octanol–water partition coefficient (Wildman–Crippen LogP) is -1.18. The molecule has 0 aliphatic heterocycles. The van der Waals surface area contributed by atoms with Crippen LogP contribution in [0.25, 0.3) is 0 Å². The number of carboxylic acid groups (broad SMARTS) is 1. The van der Waals surface area contributed by atoms with Crippen molar-refractivity contribution in [3.05, 3.63) is 0 Å². The third-order valence-electron chi connectivity index (χ3n) is 2.50. The number of nitrogens with two attached hydrogens (primary N) is 1.